The van der Waals surface area contributed by atoms with Crippen LogP contribution in [0.1, 0.15) is 42.7 Å². The van der Waals surface area contributed by atoms with Gasteiger partial charge in [0.2, 0.25) is 11.8 Å². The zero-order valence-corrected chi connectivity index (χ0v) is 17.3. The molecule has 1 aliphatic carbocycles. The number of carbonyl (C=O) groups excluding carboxylic acids is 2. The van der Waals surface area contributed by atoms with Crippen LogP contribution in [0.25, 0.3) is 0 Å². The molecule has 2 amide bonds. The number of hydrogen-bond donors (Lipinski definition) is 0. The van der Waals surface area contributed by atoms with Gasteiger partial charge in [0.05, 0.1) is 6.04 Å². The second kappa shape index (κ2) is 8.53. The molecule has 4 rings (SSSR count). The molecule has 0 N–H and O–H groups in total. The van der Waals surface area contributed by atoms with Crippen molar-refractivity contribution in [2.45, 2.75) is 44.7 Å². The van der Waals surface area contributed by atoms with Gasteiger partial charge in [-0.3, -0.25) is 9.59 Å². The van der Waals surface area contributed by atoms with E-state index < -0.39 is 5.82 Å². The second-order valence-electron chi connectivity index (χ2n) is 7.50. The highest BCUT2D eigenvalue weighted by Crippen LogP contribution is 2.35. The average molecular weight is 417 g/mol. The van der Waals surface area contributed by atoms with Gasteiger partial charge in [-0.05, 0) is 48.4 Å². The van der Waals surface area contributed by atoms with Gasteiger partial charge in [-0.2, -0.15) is 0 Å². The molecule has 29 heavy (non-hydrogen) atoms. The molecule has 2 aliphatic rings. The van der Waals surface area contributed by atoms with Crippen LogP contribution in [0, 0.1) is 5.82 Å². The van der Waals surface area contributed by atoms with Crippen molar-refractivity contribution >= 4 is 23.2 Å². The SMILES string of the molecule is CCC(=O)N(CC(=O)N1CCc2sccc2[C@@H]1COc1ccccc1F)C1CC1. The van der Waals surface area contributed by atoms with Crippen molar-refractivity contribution in [1.29, 1.82) is 0 Å². The molecule has 1 atom stereocenters. The summed E-state index contributed by atoms with van der Waals surface area (Å²) in [5.41, 5.74) is 1.06. The summed E-state index contributed by atoms with van der Waals surface area (Å²) in [4.78, 5) is 30.2. The van der Waals surface area contributed by atoms with E-state index in [-0.39, 0.29) is 42.8 Å². The smallest absolute Gasteiger partial charge is 0.242 e. The third-order valence-electron chi connectivity index (χ3n) is 5.56. The first kappa shape index (κ1) is 19.9. The monoisotopic (exact) mass is 416 g/mol. The number of nitrogens with zero attached hydrogens (tertiary/aromatic N) is 2. The lowest BCUT2D eigenvalue weighted by molar-refractivity contribution is -0.143. The number of carbonyl (C=O) groups is 2. The Morgan fingerprint density at radius 2 is 2.07 bits per heavy atom. The van der Waals surface area contributed by atoms with E-state index in [1.807, 2.05) is 18.4 Å². The minimum atomic E-state index is -0.417. The molecular weight excluding hydrogens is 391 g/mol. The number of hydrogen-bond acceptors (Lipinski definition) is 4. The molecule has 7 heteroatoms. The Labute approximate surface area is 174 Å². The summed E-state index contributed by atoms with van der Waals surface area (Å²) in [6.45, 7) is 2.69. The van der Waals surface area contributed by atoms with Crippen LogP contribution in [0.5, 0.6) is 5.75 Å². The van der Waals surface area contributed by atoms with Gasteiger partial charge in [0.1, 0.15) is 13.2 Å². The zero-order valence-electron chi connectivity index (χ0n) is 16.5. The third-order valence-corrected chi connectivity index (χ3v) is 6.56. The molecule has 5 nitrogen and oxygen atoms in total. The summed E-state index contributed by atoms with van der Waals surface area (Å²) < 4.78 is 19.8. The molecule has 1 aromatic carbocycles. The largest absolute Gasteiger partial charge is 0.488 e. The van der Waals surface area contributed by atoms with E-state index in [4.69, 9.17) is 4.74 Å². The van der Waals surface area contributed by atoms with E-state index in [0.717, 1.165) is 24.8 Å². The van der Waals surface area contributed by atoms with Gasteiger partial charge in [0.25, 0.3) is 0 Å². The Morgan fingerprint density at radius 3 is 2.79 bits per heavy atom. The van der Waals surface area contributed by atoms with Crippen molar-refractivity contribution in [2.75, 3.05) is 19.7 Å². The van der Waals surface area contributed by atoms with Crippen LogP contribution in [0.15, 0.2) is 35.7 Å². The molecule has 1 fully saturated rings. The molecule has 0 spiro atoms. The van der Waals surface area contributed by atoms with Gasteiger partial charge in [0.15, 0.2) is 11.6 Å². The van der Waals surface area contributed by atoms with E-state index in [9.17, 15) is 14.0 Å². The van der Waals surface area contributed by atoms with Gasteiger partial charge >= 0.3 is 0 Å². The molecule has 154 valence electrons. The maximum Gasteiger partial charge on any atom is 0.242 e. The molecule has 2 aromatic rings. The van der Waals surface area contributed by atoms with Crippen LogP contribution >= 0.6 is 11.3 Å². The van der Waals surface area contributed by atoms with Crippen LogP contribution in [0.2, 0.25) is 0 Å². The van der Waals surface area contributed by atoms with Crippen molar-refractivity contribution in [3.63, 3.8) is 0 Å². The Hall–Kier alpha value is -2.41. The van der Waals surface area contributed by atoms with Crippen molar-refractivity contribution < 1.29 is 18.7 Å². The Bertz CT molecular complexity index is 896. The van der Waals surface area contributed by atoms with Crippen molar-refractivity contribution in [1.82, 2.24) is 9.80 Å². The lowest BCUT2D eigenvalue weighted by Crippen LogP contribution is -2.48. The standard InChI is InChI=1S/C22H25FN2O3S/c1-2-21(26)25(15-7-8-15)13-22(27)24-11-9-20-16(10-12-29-20)18(24)14-28-19-6-4-3-5-17(19)23/h3-6,10,12,15,18H,2,7-9,11,13-14H2,1H3/t18-/m0/s1. The Balaban J connectivity index is 1.52. The van der Waals surface area contributed by atoms with Crippen LogP contribution in [0.4, 0.5) is 4.39 Å². The van der Waals surface area contributed by atoms with E-state index in [1.54, 1.807) is 39.3 Å². The first-order valence-corrected chi connectivity index (χ1v) is 11.0. The topological polar surface area (TPSA) is 49.9 Å². The lowest BCUT2D eigenvalue weighted by Gasteiger charge is -2.37. The number of ether oxygens (including phenoxy) is 1. The summed E-state index contributed by atoms with van der Waals surface area (Å²) in [7, 11) is 0. The highest BCUT2D eigenvalue weighted by Gasteiger charge is 2.37. The fourth-order valence-electron chi connectivity index (χ4n) is 3.85. The van der Waals surface area contributed by atoms with Gasteiger partial charge in [0, 0.05) is 23.9 Å². The molecule has 0 radical (unpaired) electrons. The predicted octanol–water partition coefficient (Wildman–Crippen LogP) is 3.79. The Kier molecular flexibility index (Phi) is 5.85. The zero-order chi connectivity index (χ0) is 20.4. The number of rotatable bonds is 7. The van der Waals surface area contributed by atoms with Crippen molar-refractivity contribution in [2.24, 2.45) is 0 Å². The number of para-hydroxylation sites is 1. The number of halogens is 1. The summed E-state index contributed by atoms with van der Waals surface area (Å²) in [5.74, 6) is -0.283. The number of fused-ring (bicyclic) bond motifs is 1. The summed E-state index contributed by atoms with van der Waals surface area (Å²) in [5, 5.41) is 2.02. The predicted molar refractivity (Wildman–Crippen MR) is 109 cm³/mol. The molecule has 0 unspecified atom stereocenters. The molecule has 0 bridgehead atoms. The van der Waals surface area contributed by atoms with Gasteiger partial charge in [-0.15, -0.1) is 11.3 Å². The number of thiophene rings is 1. The van der Waals surface area contributed by atoms with Crippen molar-refractivity contribution in [3.8, 4) is 5.75 Å². The van der Waals surface area contributed by atoms with Gasteiger partial charge in [-0.25, -0.2) is 4.39 Å². The van der Waals surface area contributed by atoms with Crippen LogP contribution < -0.4 is 4.74 Å². The van der Waals surface area contributed by atoms with E-state index >= 15 is 0 Å². The van der Waals surface area contributed by atoms with E-state index in [2.05, 4.69) is 0 Å². The second-order valence-corrected chi connectivity index (χ2v) is 8.50. The summed E-state index contributed by atoms with van der Waals surface area (Å²) in [6, 6.07) is 8.22. The fourth-order valence-corrected chi connectivity index (χ4v) is 4.78. The fraction of sp³-hybridized carbons (Fsp3) is 0.455. The minimum absolute atomic E-state index is 0.0215. The molecule has 0 saturated heterocycles. The average Bonchev–Trinajstić information content (AvgIpc) is 3.46. The lowest BCUT2D eigenvalue weighted by atomic mass is 10.0. The van der Waals surface area contributed by atoms with Gasteiger partial charge < -0.3 is 14.5 Å². The van der Waals surface area contributed by atoms with Crippen LogP contribution in [-0.2, 0) is 16.0 Å². The first-order valence-electron chi connectivity index (χ1n) is 10.1. The summed E-state index contributed by atoms with van der Waals surface area (Å²) in [6.07, 6.45) is 3.12. The highest BCUT2D eigenvalue weighted by atomic mass is 32.1. The quantitative estimate of drug-likeness (QED) is 0.690. The number of amides is 2. The maximum atomic E-state index is 14.0. The molecular formula is C22H25FN2O3S. The molecule has 2 heterocycles. The van der Waals surface area contributed by atoms with Gasteiger partial charge in [-0.1, -0.05) is 19.1 Å². The number of benzene rings is 1. The Morgan fingerprint density at radius 1 is 1.28 bits per heavy atom. The van der Waals surface area contributed by atoms with E-state index in [1.165, 1.54) is 10.9 Å². The summed E-state index contributed by atoms with van der Waals surface area (Å²) >= 11 is 1.67. The molecule has 1 aromatic heterocycles. The van der Waals surface area contributed by atoms with Crippen molar-refractivity contribution in [3.05, 3.63) is 52.0 Å². The van der Waals surface area contributed by atoms with Crippen LogP contribution in [-0.4, -0.2) is 47.4 Å². The first-order chi connectivity index (χ1) is 14.1. The normalized spacial score (nSPS) is 18.3. The highest BCUT2D eigenvalue weighted by molar-refractivity contribution is 7.10. The molecule has 1 saturated carbocycles. The van der Waals surface area contributed by atoms with Crippen LogP contribution in [0.3, 0.4) is 0 Å². The molecule has 1 aliphatic heterocycles. The minimum Gasteiger partial charge on any atom is -0.488 e. The van der Waals surface area contributed by atoms with E-state index in [0.29, 0.717) is 13.0 Å². The maximum absolute atomic E-state index is 14.0. The third kappa shape index (κ3) is 4.29.